The maximum atomic E-state index is 10.5. The maximum absolute atomic E-state index is 10.5. The molecule has 2 heterocycles. The number of fused-ring (bicyclic) bond motifs is 2. The first-order chi connectivity index (χ1) is 10.1. The fraction of sp³-hybridized carbons (Fsp3) is 0.812. The van der Waals surface area contributed by atoms with E-state index in [4.69, 9.17) is 14.7 Å². The lowest BCUT2D eigenvalue weighted by atomic mass is 9.76. The van der Waals surface area contributed by atoms with Crippen molar-refractivity contribution < 1.29 is 19.7 Å². The molecule has 0 amide bonds. The highest BCUT2D eigenvalue weighted by Crippen LogP contribution is 2.43. The van der Waals surface area contributed by atoms with E-state index in [9.17, 15) is 10.2 Å². The van der Waals surface area contributed by atoms with Crippen molar-refractivity contribution in [3.8, 4) is 6.07 Å². The number of hydrogen-bond donors (Lipinski definition) is 2. The molecule has 0 saturated carbocycles. The summed E-state index contributed by atoms with van der Waals surface area (Å²) in [5.41, 5.74) is -1.28. The first-order valence-corrected chi connectivity index (χ1v) is 7.82. The Balaban J connectivity index is 2.01. The first kappa shape index (κ1) is 16.4. The highest BCUT2D eigenvalue weighted by molar-refractivity contribution is 5.08. The van der Waals surface area contributed by atoms with E-state index < -0.39 is 17.8 Å². The van der Waals surface area contributed by atoms with E-state index in [1.54, 1.807) is 0 Å². The summed E-state index contributed by atoms with van der Waals surface area (Å²) in [5.74, 6) is -0.420. The lowest BCUT2D eigenvalue weighted by molar-refractivity contribution is -0.199. The van der Waals surface area contributed by atoms with Gasteiger partial charge >= 0.3 is 0 Å². The van der Waals surface area contributed by atoms with Crippen molar-refractivity contribution >= 4 is 0 Å². The van der Waals surface area contributed by atoms with Gasteiger partial charge < -0.3 is 19.7 Å². The van der Waals surface area contributed by atoms with E-state index in [2.05, 4.69) is 19.1 Å². The molecule has 0 aromatic rings. The van der Waals surface area contributed by atoms with Crippen LogP contribution in [0.15, 0.2) is 12.2 Å². The molecule has 0 aromatic heterocycles. The number of ether oxygens (including phenoxy) is 2. The molecule has 5 nitrogen and oxygen atoms in total. The highest BCUT2D eigenvalue weighted by atomic mass is 16.7. The molecular formula is C16H25NO4. The van der Waals surface area contributed by atoms with Gasteiger partial charge in [-0.1, -0.05) is 31.9 Å². The fourth-order valence-corrected chi connectivity index (χ4v) is 3.19. The molecule has 0 aromatic carbocycles. The van der Waals surface area contributed by atoms with E-state index in [0.29, 0.717) is 0 Å². The van der Waals surface area contributed by atoms with E-state index >= 15 is 0 Å². The minimum atomic E-state index is -1.28. The first-order valence-electron chi connectivity index (χ1n) is 7.82. The quantitative estimate of drug-likeness (QED) is 0.553. The van der Waals surface area contributed by atoms with Crippen LogP contribution in [0.3, 0.4) is 0 Å². The Morgan fingerprint density at radius 3 is 2.86 bits per heavy atom. The smallest absolute Gasteiger partial charge is 0.161 e. The molecule has 2 N–H and O–H groups in total. The molecule has 0 radical (unpaired) electrons. The van der Waals surface area contributed by atoms with Crippen LogP contribution in [0.1, 0.15) is 45.4 Å². The average Bonchev–Trinajstić information content (AvgIpc) is 2.81. The van der Waals surface area contributed by atoms with Gasteiger partial charge in [-0.25, -0.2) is 0 Å². The number of allylic oxidation sites excluding steroid dienone is 1. The van der Waals surface area contributed by atoms with Gasteiger partial charge in [0, 0.05) is 18.8 Å². The van der Waals surface area contributed by atoms with Crippen molar-refractivity contribution in [3.63, 3.8) is 0 Å². The number of nitrogens with zero attached hydrogens (tertiary/aromatic N) is 1. The minimum Gasteiger partial charge on any atom is -0.393 e. The molecule has 2 aliphatic rings. The van der Waals surface area contributed by atoms with Crippen LogP contribution in [-0.4, -0.2) is 40.9 Å². The monoisotopic (exact) mass is 295 g/mol. The molecule has 21 heavy (non-hydrogen) atoms. The summed E-state index contributed by atoms with van der Waals surface area (Å²) in [4.78, 5) is 0. The van der Waals surface area contributed by atoms with Crippen LogP contribution >= 0.6 is 0 Å². The third kappa shape index (κ3) is 3.64. The Morgan fingerprint density at radius 1 is 1.38 bits per heavy atom. The topological polar surface area (TPSA) is 82.7 Å². The van der Waals surface area contributed by atoms with Crippen LogP contribution in [0, 0.1) is 17.2 Å². The zero-order valence-corrected chi connectivity index (χ0v) is 12.6. The Morgan fingerprint density at radius 2 is 2.19 bits per heavy atom. The van der Waals surface area contributed by atoms with Crippen molar-refractivity contribution in [1.82, 2.24) is 0 Å². The Labute approximate surface area is 126 Å². The average molecular weight is 295 g/mol. The van der Waals surface area contributed by atoms with Gasteiger partial charge in [-0.2, -0.15) is 5.26 Å². The number of aliphatic hydroxyl groups excluding tert-OH is 1. The summed E-state index contributed by atoms with van der Waals surface area (Å²) in [5, 5.41) is 29.0. The van der Waals surface area contributed by atoms with E-state index in [1.807, 2.05) is 6.08 Å². The van der Waals surface area contributed by atoms with E-state index in [-0.39, 0.29) is 31.7 Å². The van der Waals surface area contributed by atoms with Crippen molar-refractivity contribution in [2.45, 2.75) is 69.5 Å². The molecule has 118 valence electrons. The van der Waals surface area contributed by atoms with Gasteiger partial charge in [-0.05, 0) is 12.8 Å². The number of hydrogen-bond acceptors (Lipinski definition) is 5. The van der Waals surface area contributed by atoms with Gasteiger partial charge in [0.25, 0.3) is 0 Å². The number of nitriles is 1. The van der Waals surface area contributed by atoms with Crippen LogP contribution in [-0.2, 0) is 9.47 Å². The zero-order chi connectivity index (χ0) is 15.3. The fourth-order valence-electron chi connectivity index (χ4n) is 3.19. The molecule has 2 saturated heterocycles. The summed E-state index contributed by atoms with van der Waals surface area (Å²) >= 11 is 0. The van der Waals surface area contributed by atoms with Crippen molar-refractivity contribution in [2.75, 3.05) is 6.61 Å². The molecule has 5 atom stereocenters. The largest absolute Gasteiger partial charge is 0.393 e. The van der Waals surface area contributed by atoms with Crippen LogP contribution in [0.25, 0.3) is 0 Å². The van der Waals surface area contributed by atoms with Crippen molar-refractivity contribution in [3.05, 3.63) is 12.2 Å². The molecular weight excluding hydrogens is 270 g/mol. The molecule has 0 aliphatic carbocycles. The van der Waals surface area contributed by atoms with Crippen molar-refractivity contribution in [1.29, 1.82) is 5.26 Å². The van der Waals surface area contributed by atoms with Crippen LogP contribution in [0.2, 0.25) is 0 Å². The maximum Gasteiger partial charge on any atom is 0.161 e. The molecule has 2 rings (SSSR count). The lowest BCUT2D eigenvalue weighted by Crippen LogP contribution is -2.53. The van der Waals surface area contributed by atoms with Crippen molar-refractivity contribution in [2.24, 2.45) is 5.92 Å². The van der Waals surface area contributed by atoms with E-state index in [1.165, 1.54) is 12.8 Å². The second kappa shape index (κ2) is 7.37. The number of unbranched alkanes of at least 4 members (excludes halogenated alkanes) is 3. The lowest BCUT2D eigenvalue weighted by Gasteiger charge is -2.40. The molecule has 2 bridgehead atoms. The van der Waals surface area contributed by atoms with E-state index in [0.717, 1.165) is 12.8 Å². The summed E-state index contributed by atoms with van der Waals surface area (Å²) in [6.45, 7) is 1.80. The predicted octanol–water partition coefficient (Wildman–Crippen LogP) is 1.89. The molecule has 0 spiro atoms. The second-order valence-electron chi connectivity index (χ2n) is 5.99. The molecule has 2 fully saturated rings. The van der Waals surface area contributed by atoms with Gasteiger partial charge in [-0.3, -0.25) is 0 Å². The van der Waals surface area contributed by atoms with Gasteiger partial charge in [0.15, 0.2) is 6.29 Å². The normalized spacial score (nSPS) is 38.8. The number of aliphatic hydroxyl groups is 2. The molecule has 2 aliphatic heterocycles. The SMILES string of the molecule is CCCCC/C=C/[C@@H]1OC2CC(O)(CO)C(CC#N)C1O2. The van der Waals surface area contributed by atoms with Gasteiger partial charge in [0.05, 0.1) is 24.4 Å². The predicted molar refractivity (Wildman–Crippen MR) is 77.2 cm³/mol. The van der Waals surface area contributed by atoms with Gasteiger partial charge in [0.2, 0.25) is 0 Å². The summed E-state index contributed by atoms with van der Waals surface area (Å²) in [6.07, 6.45) is 7.89. The minimum absolute atomic E-state index is 0.151. The zero-order valence-electron chi connectivity index (χ0n) is 12.6. The summed E-state index contributed by atoms with van der Waals surface area (Å²) in [7, 11) is 0. The van der Waals surface area contributed by atoms with Gasteiger partial charge in [-0.15, -0.1) is 0 Å². The van der Waals surface area contributed by atoms with Crippen LogP contribution in [0.4, 0.5) is 0 Å². The standard InChI is InChI=1S/C16H25NO4/c1-2-3-4-5-6-7-13-15-12(8-9-17)16(19,11-18)10-14(20-13)21-15/h6-7,12-15,18-19H,2-5,8,10-11H2,1H3/b7-6+/t12?,13-,14?,15?,16?/m0/s1. The Kier molecular flexibility index (Phi) is 5.77. The third-order valence-corrected chi connectivity index (χ3v) is 4.43. The molecule has 4 unspecified atom stereocenters. The number of rotatable bonds is 7. The highest BCUT2D eigenvalue weighted by Gasteiger charge is 2.55. The van der Waals surface area contributed by atoms with Crippen LogP contribution in [0.5, 0.6) is 0 Å². The van der Waals surface area contributed by atoms with Crippen LogP contribution < -0.4 is 0 Å². The summed E-state index contributed by atoms with van der Waals surface area (Å²) in [6, 6.07) is 2.08. The second-order valence-corrected chi connectivity index (χ2v) is 5.99. The Bertz CT molecular complexity index is 406. The third-order valence-electron chi connectivity index (χ3n) is 4.43. The molecule has 5 heteroatoms. The van der Waals surface area contributed by atoms with Gasteiger partial charge in [0.1, 0.15) is 6.10 Å². The summed E-state index contributed by atoms with van der Waals surface area (Å²) < 4.78 is 11.5. The Hall–Kier alpha value is -0.930.